The molecule has 0 saturated heterocycles. The molecule has 0 aliphatic carbocycles. The van der Waals surface area contributed by atoms with E-state index in [1.807, 2.05) is 18.2 Å². The number of hydrogen-bond donors (Lipinski definition) is 1. The zero-order valence-corrected chi connectivity index (χ0v) is 13.1. The summed E-state index contributed by atoms with van der Waals surface area (Å²) in [6.07, 6.45) is 0.827. The van der Waals surface area contributed by atoms with E-state index >= 15 is 0 Å². The van der Waals surface area contributed by atoms with Crippen LogP contribution in [-0.2, 0) is 11.2 Å². The number of rotatable bonds is 6. The van der Waals surface area contributed by atoms with Gasteiger partial charge >= 0.3 is 0 Å². The summed E-state index contributed by atoms with van der Waals surface area (Å²) in [6, 6.07) is 10.2. The predicted octanol–water partition coefficient (Wildman–Crippen LogP) is 3.35. The van der Waals surface area contributed by atoms with Gasteiger partial charge in [0, 0.05) is 30.5 Å². The Bertz CT molecular complexity index is 524. The minimum Gasteiger partial charge on any atom is -0.380 e. The smallest absolute Gasteiger partial charge is 0.0949 e. The van der Waals surface area contributed by atoms with Gasteiger partial charge in [-0.15, -0.1) is 11.3 Å². The maximum Gasteiger partial charge on any atom is 0.0949 e. The van der Waals surface area contributed by atoms with Crippen LogP contribution in [0, 0.1) is 5.92 Å². The second-order valence-corrected chi connectivity index (χ2v) is 6.25. The van der Waals surface area contributed by atoms with Crippen molar-refractivity contribution in [2.24, 2.45) is 11.7 Å². The molecule has 4 heteroatoms. The average molecular weight is 290 g/mol. The SMILES string of the molecule is COC(C(C)C)C(N)Cc1nc(-c2ccccc2)cs1. The van der Waals surface area contributed by atoms with Crippen molar-refractivity contribution in [3.63, 3.8) is 0 Å². The Kier molecular flexibility index (Phi) is 5.29. The molecule has 1 heterocycles. The van der Waals surface area contributed by atoms with Gasteiger partial charge in [-0.1, -0.05) is 44.2 Å². The van der Waals surface area contributed by atoms with E-state index in [0.717, 1.165) is 22.7 Å². The molecule has 0 saturated carbocycles. The average Bonchev–Trinajstić information content (AvgIpc) is 2.88. The molecule has 2 atom stereocenters. The van der Waals surface area contributed by atoms with Gasteiger partial charge in [0.1, 0.15) is 0 Å². The highest BCUT2D eigenvalue weighted by Gasteiger charge is 2.22. The zero-order chi connectivity index (χ0) is 14.5. The van der Waals surface area contributed by atoms with Crippen LogP contribution in [0.25, 0.3) is 11.3 Å². The van der Waals surface area contributed by atoms with E-state index in [9.17, 15) is 0 Å². The summed E-state index contributed by atoms with van der Waals surface area (Å²) in [4.78, 5) is 4.68. The highest BCUT2D eigenvalue weighted by molar-refractivity contribution is 7.09. The molecule has 1 aromatic heterocycles. The molecule has 0 radical (unpaired) electrons. The maximum atomic E-state index is 6.25. The van der Waals surface area contributed by atoms with Crippen LogP contribution in [0.1, 0.15) is 18.9 Å². The van der Waals surface area contributed by atoms with E-state index in [1.54, 1.807) is 18.4 Å². The van der Waals surface area contributed by atoms with Gasteiger partial charge in [0.25, 0.3) is 0 Å². The minimum atomic E-state index is -0.0187. The first-order valence-corrected chi connectivity index (χ1v) is 7.78. The topological polar surface area (TPSA) is 48.1 Å². The highest BCUT2D eigenvalue weighted by Crippen LogP contribution is 2.23. The Morgan fingerprint density at radius 3 is 2.55 bits per heavy atom. The van der Waals surface area contributed by atoms with Crippen molar-refractivity contribution in [1.29, 1.82) is 0 Å². The first-order chi connectivity index (χ1) is 9.61. The van der Waals surface area contributed by atoms with Crippen LogP contribution in [-0.4, -0.2) is 24.2 Å². The lowest BCUT2D eigenvalue weighted by Crippen LogP contribution is -2.41. The Hall–Kier alpha value is -1.23. The molecular formula is C16H22N2OS. The van der Waals surface area contributed by atoms with Crippen molar-refractivity contribution in [2.75, 3.05) is 7.11 Å². The summed E-state index contributed by atoms with van der Waals surface area (Å²) in [7, 11) is 1.72. The second-order valence-electron chi connectivity index (χ2n) is 5.30. The maximum absolute atomic E-state index is 6.25. The summed E-state index contributed by atoms with van der Waals surface area (Å²) in [6.45, 7) is 4.26. The van der Waals surface area contributed by atoms with E-state index in [4.69, 9.17) is 10.5 Å². The highest BCUT2D eigenvalue weighted by atomic mass is 32.1. The van der Waals surface area contributed by atoms with Gasteiger partial charge in [0.2, 0.25) is 0 Å². The third-order valence-electron chi connectivity index (χ3n) is 3.38. The third kappa shape index (κ3) is 3.66. The summed E-state index contributed by atoms with van der Waals surface area (Å²) in [5.41, 5.74) is 8.42. The number of methoxy groups -OCH3 is 1. The second kappa shape index (κ2) is 6.97. The predicted molar refractivity (Wildman–Crippen MR) is 84.9 cm³/mol. The molecule has 3 nitrogen and oxygen atoms in total. The standard InChI is InChI=1S/C16H22N2OS/c1-11(2)16(19-3)13(17)9-15-18-14(10-20-15)12-7-5-4-6-8-12/h4-8,10-11,13,16H,9,17H2,1-3H3. The van der Waals surface area contributed by atoms with E-state index in [1.165, 1.54) is 0 Å². The van der Waals surface area contributed by atoms with Crippen molar-refractivity contribution >= 4 is 11.3 Å². The molecule has 0 bridgehead atoms. The lowest BCUT2D eigenvalue weighted by Gasteiger charge is -2.25. The van der Waals surface area contributed by atoms with Crippen molar-refractivity contribution in [1.82, 2.24) is 4.98 Å². The molecule has 108 valence electrons. The number of ether oxygens (including phenoxy) is 1. The fourth-order valence-electron chi connectivity index (χ4n) is 2.41. The fourth-order valence-corrected chi connectivity index (χ4v) is 3.28. The lowest BCUT2D eigenvalue weighted by molar-refractivity contribution is 0.0441. The molecule has 0 aliphatic rings. The first kappa shape index (κ1) is 15.2. The largest absolute Gasteiger partial charge is 0.380 e. The Labute approximate surface area is 124 Å². The Morgan fingerprint density at radius 1 is 1.25 bits per heavy atom. The molecule has 20 heavy (non-hydrogen) atoms. The van der Waals surface area contributed by atoms with Gasteiger partial charge in [-0.3, -0.25) is 0 Å². The van der Waals surface area contributed by atoms with Crippen molar-refractivity contribution < 1.29 is 4.74 Å². The van der Waals surface area contributed by atoms with Crippen LogP contribution in [0.2, 0.25) is 0 Å². The van der Waals surface area contributed by atoms with Gasteiger partial charge in [0.05, 0.1) is 16.8 Å². The quantitative estimate of drug-likeness (QED) is 0.887. The molecule has 2 aromatic rings. The molecule has 0 spiro atoms. The van der Waals surface area contributed by atoms with Crippen LogP contribution in [0.5, 0.6) is 0 Å². The molecule has 2 N–H and O–H groups in total. The van der Waals surface area contributed by atoms with Gasteiger partial charge in [-0.25, -0.2) is 4.98 Å². The molecule has 2 unspecified atom stereocenters. The van der Waals surface area contributed by atoms with Crippen molar-refractivity contribution in [3.05, 3.63) is 40.7 Å². The number of aromatic nitrogens is 1. The third-order valence-corrected chi connectivity index (χ3v) is 4.25. The molecular weight excluding hydrogens is 268 g/mol. The van der Waals surface area contributed by atoms with Gasteiger partial charge in [-0.2, -0.15) is 0 Å². The summed E-state index contributed by atoms with van der Waals surface area (Å²) in [5, 5.41) is 3.16. The van der Waals surface area contributed by atoms with E-state index in [-0.39, 0.29) is 12.1 Å². The lowest BCUT2D eigenvalue weighted by atomic mass is 9.98. The van der Waals surface area contributed by atoms with Gasteiger partial charge < -0.3 is 10.5 Å². The minimum absolute atomic E-state index is 0.0187. The molecule has 1 aromatic carbocycles. The molecule has 0 fully saturated rings. The molecule has 0 aliphatic heterocycles. The molecule has 0 amide bonds. The van der Waals surface area contributed by atoms with Crippen molar-refractivity contribution in [2.45, 2.75) is 32.4 Å². The Balaban J connectivity index is 2.06. The normalized spacial score (nSPS) is 14.4. The van der Waals surface area contributed by atoms with E-state index in [2.05, 4.69) is 36.3 Å². The van der Waals surface area contributed by atoms with Gasteiger partial charge in [-0.05, 0) is 5.92 Å². The number of benzene rings is 1. The van der Waals surface area contributed by atoms with E-state index in [0.29, 0.717) is 5.92 Å². The molecule has 2 rings (SSSR count). The van der Waals surface area contributed by atoms with Crippen LogP contribution >= 0.6 is 11.3 Å². The van der Waals surface area contributed by atoms with Crippen LogP contribution < -0.4 is 5.73 Å². The van der Waals surface area contributed by atoms with Crippen molar-refractivity contribution in [3.8, 4) is 11.3 Å². The van der Waals surface area contributed by atoms with Gasteiger partial charge in [0.15, 0.2) is 0 Å². The van der Waals surface area contributed by atoms with Crippen LogP contribution in [0.15, 0.2) is 35.7 Å². The number of nitrogens with two attached hydrogens (primary N) is 1. The van der Waals surface area contributed by atoms with Crippen LogP contribution in [0.3, 0.4) is 0 Å². The summed E-state index contributed by atoms with van der Waals surface area (Å²) < 4.78 is 5.49. The zero-order valence-electron chi connectivity index (χ0n) is 12.2. The number of nitrogens with zero attached hydrogens (tertiary/aromatic N) is 1. The number of thiazole rings is 1. The summed E-state index contributed by atoms with van der Waals surface area (Å²) in [5.74, 6) is 0.406. The summed E-state index contributed by atoms with van der Waals surface area (Å²) >= 11 is 1.67. The fraction of sp³-hybridized carbons (Fsp3) is 0.438. The Morgan fingerprint density at radius 2 is 1.95 bits per heavy atom. The number of hydrogen-bond acceptors (Lipinski definition) is 4. The monoisotopic (exact) mass is 290 g/mol. The first-order valence-electron chi connectivity index (χ1n) is 6.90. The van der Waals surface area contributed by atoms with Crippen LogP contribution in [0.4, 0.5) is 0 Å². The van der Waals surface area contributed by atoms with E-state index < -0.39 is 0 Å².